The lowest BCUT2D eigenvalue weighted by atomic mass is 9.84. The molecule has 0 radical (unpaired) electrons. The minimum atomic E-state index is -4.52. The van der Waals surface area contributed by atoms with Gasteiger partial charge in [-0.15, -0.1) is 0 Å². The highest BCUT2D eigenvalue weighted by Crippen LogP contribution is 2.43. The van der Waals surface area contributed by atoms with Crippen molar-refractivity contribution >= 4 is 27.3 Å². The molecule has 14 heteroatoms. The van der Waals surface area contributed by atoms with Crippen molar-refractivity contribution in [2.24, 2.45) is 11.3 Å². The van der Waals surface area contributed by atoms with Gasteiger partial charge in [0.1, 0.15) is 5.75 Å². The third-order valence-corrected chi connectivity index (χ3v) is 10.2. The number of carbonyl (C=O) groups is 1. The van der Waals surface area contributed by atoms with Crippen LogP contribution in [0.2, 0.25) is 5.02 Å². The Labute approximate surface area is 241 Å². The number of alkyl halides is 5. The van der Waals surface area contributed by atoms with Gasteiger partial charge in [0, 0.05) is 24.4 Å². The first-order valence-corrected chi connectivity index (χ1v) is 15.5. The van der Waals surface area contributed by atoms with Crippen LogP contribution in [-0.4, -0.2) is 54.4 Å². The Morgan fingerprint density at radius 1 is 1.17 bits per heavy atom. The summed E-state index contributed by atoms with van der Waals surface area (Å²) in [6, 6.07) is 3.82. The highest BCUT2D eigenvalue weighted by molar-refractivity contribution is 7.92. The van der Waals surface area contributed by atoms with Crippen LogP contribution in [0.4, 0.5) is 22.0 Å². The fraction of sp³-hybridized carbons (Fsp3) is 0.630. The molecule has 1 heterocycles. The fourth-order valence-corrected chi connectivity index (χ4v) is 6.78. The Kier molecular flexibility index (Phi) is 10.4. The molecule has 230 valence electrons. The highest BCUT2D eigenvalue weighted by Gasteiger charge is 2.47. The number of aromatic nitrogens is 2. The van der Waals surface area contributed by atoms with Gasteiger partial charge in [-0.2, -0.15) is 27.1 Å². The van der Waals surface area contributed by atoms with Crippen LogP contribution in [0.25, 0.3) is 11.3 Å². The average molecular weight is 628 g/mol. The largest absolute Gasteiger partial charge is 0.434 e. The quantitative estimate of drug-likeness (QED) is 0.281. The number of nitrogens with one attached hydrogen (secondary N) is 1. The molecule has 3 rings (SSSR count). The number of nitrogens with zero attached hydrogens (tertiary/aromatic N) is 2. The van der Waals surface area contributed by atoms with E-state index < -0.39 is 46.1 Å². The van der Waals surface area contributed by atoms with Gasteiger partial charge in [0.25, 0.3) is 5.91 Å². The van der Waals surface area contributed by atoms with E-state index in [9.17, 15) is 35.2 Å². The second-order valence-electron chi connectivity index (χ2n) is 10.9. The molecule has 1 aliphatic rings. The Balaban J connectivity index is 1.84. The molecule has 1 aliphatic carbocycles. The predicted molar refractivity (Wildman–Crippen MR) is 146 cm³/mol. The number of amides is 1. The Morgan fingerprint density at radius 2 is 1.80 bits per heavy atom. The van der Waals surface area contributed by atoms with E-state index in [4.69, 9.17) is 11.6 Å². The molecule has 1 aromatic carbocycles. The molecule has 0 atom stereocenters. The van der Waals surface area contributed by atoms with Gasteiger partial charge >= 0.3 is 12.8 Å². The van der Waals surface area contributed by atoms with E-state index in [2.05, 4.69) is 15.2 Å². The summed E-state index contributed by atoms with van der Waals surface area (Å²) in [6.45, 7) is 2.58. The molecule has 1 fully saturated rings. The Bertz CT molecular complexity index is 1340. The zero-order valence-corrected chi connectivity index (χ0v) is 24.9. The van der Waals surface area contributed by atoms with Crippen molar-refractivity contribution < 1.29 is 39.9 Å². The second-order valence-corrected chi connectivity index (χ2v) is 13.8. The number of hydrogen-bond acceptors (Lipinski definition) is 5. The molecule has 2 aromatic rings. The average Bonchev–Trinajstić information content (AvgIpc) is 3.22. The van der Waals surface area contributed by atoms with Crippen LogP contribution in [0, 0.1) is 11.3 Å². The summed E-state index contributed by atoms with van der Waals surface area (Å²) < 4.78 is 97.2. The van der Waals surface area contributed by atoms with Gasteiger partial charge in [-0.25, -0.2) is 8.42 Å². The fourth-order valence-electron chi connectivity index (χ4n) is 5.00. The summed E-state index contributed by atoms with van der Waals surface area (Å²) in [6.07, 6.45) is -2.67. The maximum atomic E-state index is 13.4. The number of benzene rings is 1. The van der Waals surface area contributed by atoms with Crippen molar-refractivity contribution in [2.45, 2.75) is 84.4 Å². The van der Waals surface area contributed by atoms with Gasteiger partial charge in [-0.3, -0.25) is 9.48 Å². The normalized spacial score (nSPS) is 18.5. The topological polar surface area (TPSA) is 90.3 Å². The lowest BCUT2D eigenvalue weighted by Gasteiger charge is -2.28. The van der Waals surface area contributed by atoms with Crippen LogP contribution in [0.15, 0.2) is 18.2 Å². The van der Waals surface area contributed by atoms with E-state index in [-0.39, 0.29) is 57.5 Å². The number of ether oxygens (including phenoxy) is 1. The molecular formula is C27H35ClF5N3O4S. The van der Waals surface area contributed by atoms with E-state index in [1.54, 1.807) is 13.8 Å². The van der Waals surface area contributed by atoms with Gasteiger partial charge in [-0.1, -0.05) is 38.4 Å². The first-order chi connectivity index (χ1) is 19.0. The van der Waals surface area contributed by atoms with Gasteiger partial charge in [0.05, 0.1) is 21.4 Å². The third kappa shape index (κ3) is 7.71. The molecule has 1 saturated carbocycles. The van der Waals surface area contributed by atoms with Crippen molar-refractivity contribution in [3.05, 3.63) is 34.5 Å². The molecule has 1 N–H and O–H groups in total. The lowest BCUT2D eigenvalue weighted by molar-refractivity contribution is -0.211. The molecule has 0 aliphatic heterocycles. The molecule has 1 aromatic heterocycles. The van der Waals surface area contributed by atoms with Gasteiger partial charge in [0.15, 0.2) is 15.5 Å². The first-order valence-electron chi connectivity index (χ1n) is 13.4. The molecule has 0 saturated heterocycles. The molecule has 7 nitrogen and oxygen atoms in total. The summed E-state index contributed by atoms with van der Waals surface area (Å²) in [5.74, 6) is -0.809. The zero-order chi connectivity index (χ0) is 30.8. The number of carbonyl (C=O) groups excluding carboxylic acids is 1. The van der Waals surface area contributed by atoms with Crippen LogP contribution in [-0.2, 0) is 22.8 Å². The molecule has 0 spiro atoms. The standard InChI is InChI=1S/C27H35ClF5N3O4S/c1-5-36-23(19-12-9-17(13-20(19)40-25(29)30)14-26(3,4)27(31,32)33)21(28)22(35-36)24(37)34-15-16-7-10-18(11-8-16)41(38,39)6-2/h9,12-13,16,18,25H,5-8,10-11,14-15H2,1-4H3,(H,34,37)/t16-,18-. The van der Waals surface area contributed by atoms with Crippen LogP contribution >= 0.6 is 11.6 Å². The number of halogens is 6. The molecule has 41 heavy (non-hydrogen) atoms. The van der Waals surface area contributed by atoms with Gasteiger partial charge < -0.3 is 10.1 Å². The smallest absolute Gasteiger partial charge is 0.394 e. The summed E-state index contributed by atoms with van der Waals surface area (Å²) in [5.41, 5.74) is -1.97. The summed E-state index contributed by atoms with van der Waals surface area (Å²) in [4.78, 5) is 13.0. The number of aryl methyl sites for hydroxylation is 1. The number of rotatable bonds is 11. The maximum Gasteiger partial charge on any atom is 0.394 e. The minimum Gasteiger partial charge on any atom is -0.434 e. The van der Waals surface area contributed by atoms with Crippen molar-refractivity contribution in [2.75, 3.05) is 12.3 Å². The van der Waals surface area contributed by atoms with Crippen LogP contribution in [0.3, 0.4) is 0 Å². The number of hydrogen-bond donors (Lipinski definition) is 1. The predicted octanol–water partition coefficient (Wildman–Crippen LogP) is 6.68. The van der Waals surface area contributed by atoms with E-state index in [0.29, 0.717) is 25.7 Å². The summed E-state index contributed by atoms with van der Waals surface area (Å²) >= 11 is 6.56. The van der Waals surface area contributed by atoms with E-state index in [1.165, 1.54) is 16.8 Å². The van der Waals surface area contributed by atoms with Crippen molar-refractivity contribution in [3.8, 4) is 17.0 Å². The van der Waals surface area contributed by atoms with Crippen molar-refractivity contribution in [3.63, 3.8) is 0 Å². The number of sulfone groups is 1. The van der Waals surface area contributed by atoms with Crippen molar-refractivity contribution in [1.29, 1.82) is 0 Å². The zero-order valence-electron chi connectivity index (χ0n) is 23.3. The molecule has 0 unspecified atom stereocenters. The third-order valence-electron chi connectivity index (χ3n) is 7.60. The van der Waals surface area contributed by atoms with Crippen LogP contribution in [0.1, 0.15) is 69.4 Å². The van der Waals surface area contributed by atoms with E-state index >= 15 is 0 Å². The van der Waals surface area contributed by atoms with Gasteiger partial charge in [0.2, 0.25) is 0 Å². The summed E-state index contributed by atoms with van der Waals surface area (Å²) in [5, 5.41) is 6.55. The van der Waals surface area contributed by atoms with E-state index in [0.717, 1.165) is 19.9 Å². The Hall–Kier alpha value is -2.41. The maximum absolute atomic E-state index is 13.4. The van der Waals surface area contributed by atoms with Crippen LogP contribution in [0.5, 0.6) is 5.75 Å². The minimum absolute atomic E-state index is 0.0488. The summed E-state index contributed by atoms with van der Waals surface area (Å²) in [7, 11) is -3.11. The second kappa shape index (κ2) is 12.8. The molecular weight excluding hydrogens is 593 g/mol. The van der Waals surface area contributed by atoms with E-state index in [1.807, 2.05) is 0 Å². The van der Waals surface area contributed by atoms with Gasteiger partial charge in [-0.05, 0) is 62.6 Å². The molecule has 1 amide bonds. The molecule has 0 bridgehead atoms. The first kappa shape index (κ1) is 33.1. The van der Waals surface area contributed by atoms with Crippen LogP contribution < -0.4 is 10.1 Å². The monoisotopic (exact) mass is 627 g/mol. The lowest BCUT2D eigenvalue weighted by Crippen LogP contribution is -2.34. The SMILES string of the molecule is CCn1nc(C(=O)NC[C@H]2CC[C@H](S(=O)(=O)CC)CC2)c(Cl)c1-c1ccc(CC(C)(C)C(F)(F)F)cc1OC(F)F. The highest BCUT2D eigenvalue weighted by atomic mass is 35.5. The van der Waals surface area contributed by atoms with Crippen molar-refractivity contribution in [1.82, 2.24) is 15.1 Å². The Morgan fingerprint density at radius 3 is 2.34 bits per heavy atom.